The number of benzene rings is 2. The van der Waals surface area contributed by atoms with Gasteiger partial charge in [-0.1, -0.05) is 35.7 Å². The first kappa shape index (κ1) is 18.9. The molecule has 0 unspecified atom stereocenters. The highest BCUT2D eigenvalue weighted by atomic mass is 35.5. The number of rotatable bonds is 5. The van der Waals surface area contributed by atoms with Crippen LogP contribution in [-0.2, 0) is 22.6 Å². The van der Waals surface area contributed by atoms with Crippen molar-refractivity contribution < 1.29 is 14.3 Å². The highest BCUT2D eigenvalue weighted by molar-refractivity contribution is 6.31. The van der Waals surface area contributed by atoms with E-state index in [1.165, 1.54) is 0 Å². The Morgan fingerprint density at radius 2 is 1.88 bits per heavy atom. The summed E-state index contributed by atoms with van der Waals surface area (Å²) in [5.41, 5.74) is 1.78. The van der Waals surface area contributed by atoms with Gasteiger partial charge in [-0.3, -0.25) is 4.79 Å². The normalized spacial score (nSPS) is 10.8. The van der Waals surface area contributed by atoms with Crippen molar-refractivity contribution in [1.29, 1.82) is 0 Å². The van der Waals surface area contributed by atoms with Crippen molar-refractivity contribution in [2.24, 2.45) is 0 Å². The zero-order valence-electron chi connectivity index (χ0n) is 14.6. The summed E-state index contributed by atoms with van der Waals surface area (Å²) < 4.78 is 11.2. The summed E-state index contributed by atoms with van der Waals surface area (Å²) in [5, 5.41) is 0.587. The molecule has 0 spiro atoms. The fourth-order valence-electron chi connectivity index (χ4n) is 2.25. The Balaban J connectivity index is 2.11. The van der Waals surface area contributed by atoms with Gasteiger partial charge in [-0.2, -0.15) is 0 Å². The quantitative estimate of drug-likeness (QED) is 0.571. The van der Waals surface area contributed by atoms with E-state index in [0.29, 0.717) is 10.8 Å². The third-order valence-corrected chi connectivity index (χ3v) is 3.69. The molecule has 130 valence electrons. The minimum atomic E-state index is -0.518. The maximum Gasteiger partial charge on any atom is 0.310 e. The molecule has 0 aliphatic rings. The Morgan fingerprint density at radius 1 is 1.16 bits per heavy atom. The number of ether oxygens (including phenoxy) is 2. The van der Waals surface area contributed by atoms with Gasteiger partial charge in [-0.15, -0.1) is 6.42 Å². The van der Waals surface area contributed by atoms with Gasteiger partial charge in [0.15, 0.2) is 0 Å². The lowest BCUT2D eigenvalue weighted by Crippen LogP contribution is -2.25. The molecule has 4 heteroatoms. The van der Waals surface area contributed by atoms with Gasteiger partial charge in [0.1, 0.15) is 18.0 Å². The molecule has 3 nitrogen and oxygen atoms in total. The van der Waals surface area contributed by atoms with Crippen molar-refractivity contribution >= 4 is 17.6 Å². The van der Waals surface area contributed by atoms with Crippen LogP contribution in [0.5, 0.6) is 5.75 Å². The predicted molar refractivity (Wildman–Crippen MR) is 99.7 cm³/mol. The van der Waals surface area contributed by atoms with Crippen LogP contribution in [-0.4, -0.2) is 11.6 Å². The molecule has 0 atom stereocenters. The van der Waals surface area contributed by atoms with Crippen LogP contribution in [0.3, 0.4) is 0 Å². The van der Waals surface area contributed by atoms with Gasteiger partial charge in [-0.05, 0) is 45.0 Å². The van der Waals surface area contributed by atoms with E-state index >= 15 is 0 Å². The van der Waals surface area contributed by atoms with Crippen molar-refractivity contribution in [1.82, 2.24) is 0 Å². The van der Waals surface area contributed by atoms with E-state index in [1.54, 1.807) is 12.1 Å². The largest absolute Gasteiger partial charge is 0.489 e. The van der Waals surface area contributed by atoms with Gasteiger partial charge in [0.25, 0.3) is 0 Å². The van der Waals surface area contributed by atoms with Crippen LogP contribution in [0.1, 0.15) is 37.5 Å². The summed E-state index contributed by atoms with van der Waals surface area (Å²) in [7, 11) is 0. The second kappa shape index (κ2) is 8.09. The van der Waals surface area contributed by atoms with Crippen molar-refractivity contribution in [3.8, 4) is 18.1 Å². The van der Waals surface area contributed by atoms with Crippen LogP contribution in [0.2, 0.25) is 5.02 Å². The van der Waals surface area contributed by atoms with E-state index in [-0.39, 0.29) is 19.0 Å². The van der Waals surface area contributed by atoms with Crippen molar-refractivity contribution in [3.63, 3.8) is 0 Å². The number of hydrogen-bond acceptors (Lipinski definition) is 3. The molecule has 0 aliphatic carbocycles. The standard InChI is InChI=1S/C21H21ClO3/c1-5-15-10-11-18(22)17(12-15)14-24-19-9-7-6-8-16(19)13-20(23)25-21(2,3)4/h1,6-12H,13-14H2,2-4H3. The molecule has 0 saturated heterocycles. The third-order valence-electron chi connectivity index (χ3n) is 3.32. The lowest BCUT2D eigenvalue weighted by molar-refractivity contribution is -0.153. The number of hydrogen-bond donors (Lipinski definition) is 0. The lowest BCUT2D eigenvalue weighted by Gasteiger charge is -2.20. The SMILES string of the molecule is C#Cc1ccc(Cl)c(COc2ccccc2CC(=O)OC(C)(C)C)c1. The number of esters is 1. The van der Waals surface area contributed by atoms with Gasteiger partial charge in [0.05, 0.1) is 6.42 Å². The van der Waals surface area contributed by atoms with Crippen LogP contribution in [0, 0.1) is 12.3 Å². The second-order valence-corrected chi connectivity index (χ2v) is 7.02. The molecule has 25 heavy (non-hydrogen) atoms. The molecule has 0 aliphatic heterocycles. The fraction of sp³-hybridized carbons (Fsp3) is 0.286. The second-order valence-electron chi connectivity index (χ2n) is 6.61. The van der Waals surface area contributed by atoms with Gasteiger partial charge < -0.3 is 9.47 Å². The Labute approximate surface area is 153 Å². The Kier molecular flexibility index (Phi) is 6.12. The predicted octanol–water partition coefficient (Wildman–Crippen LogP) is 4.78. The molecule has 0 heterocycles. The molecule has 2 aromatic rings. The van der Waals surface area contributed by atoms with E-state index < -0.39 is 5.60 Å². The zero-order chi connectivity index (χ0) is 18.4. The Morgan fingerprint density at radius 3 is 2.56 bits per heavy atom. The summed E-state index contributed by atoms with van der Waals surface area (Å²) in [6.07, 6.45) is 5.56. The molecule has 0 N–H and O–H groups in total. The van der Waals surface area contributed by atoms with E-state index in [1.807, 2.05) is 51.1 Å². The number of carbonyl (C=O) groups excluding carboxylic acids is 1. The topological polar surface area (TPSA) is 35.5 Å². The highest BCUT2D eigenvalue weighted by Gasteiger charge is 2.18. The van der Waals surface area contributed by atoms with E-state index in [9.17, 15) is 4.79 Å². The van der Waals surface area contributed by atoms with Crippen molar-refractivity contribution in [3.05, 3.63) is 64.2 Å². The van der Waals surface area contributed by atoms with Gasteiger partial charge in [0.2, 0.25) is 0 Å². The van der Waals surface area contributed by atoms with Crippen LogP contribution in [0.4, 0.5) is 0 Å². The molecule has 0 fully saturated rings. The van der Waals surface area contributed by atoms with E-state index in [4.69, 9.17) is 27.5 Å². The molecular formula is C21H21ClO3. The number of halogens is 1. The molecule has 0 amide bonds. The van der Waals surface area contributed by atoms with Crippen molar-refractivity contribution in [2.45, 2.75) is 39.4 Å². The van der Waals surface area contributed by atoms with Crippen LogP contribution in [0.15, 0.2) is 42.5 Å². The third kappa shape index (κ3) is 5.85. The van der Waals surface area contributed by atoms with Gasteiger partial charge >= 0.3 is 5.97 Å². The maximum absolute atomic E-state index is 12.1. The Hall–Kier alpha value is -2.44. The number of carbonyl (C=O) groups is 1. The van der Waals surface area contributed by atoms with Crippen LogP contribution < -0.4 is 4.74 Å². The average molecular weight is 357 g/mol. The monoisotopic (exact) mass is 356 g/mol. The van der Waals surface area contributed by atoms with E-state index in [2.05, 4.69) is 5.92 Å². The molecule has 0 radical (unpaired) electrons. The highest BCUT2D eigenvalue weighted by Crippen LogP contribution is 2.24. The van der Waals surface area contributed by atoms with Crippen LogP contribution >= 0.6 is 11.6 Å². The summed E-state index contributed by atoms with van der Waals surface area (Å²) >= 11 is 6.19. The van der Waals surface area contributed by atoms with E-state index in [0.717, 1.165) is 16.7 Å². The molecule has 2 rings (SSSR count). The summed E-state index contributed by atoms with van der Waals surface area (Å²) in [4.78, 5) is 12.1. The zero-order valence-corrected chi connectivity index (χ0v) is 15.4. The van der Waals surface area contributed by atoms with Gasteiger partial charge in [-0.25, -0.2) is 0 Å². The summed E-state index contributed by atoms with van der Waals surface area (Å²) in [5.74, 6) is 2.90. The number of para-hydroxylation sites is 1. The van der Waals surface area contributed by atoms with Crippen LogP contribution in [0.25, 0.3) is 0 Å². The van der Waals surface area contributed by atoms with Crippen molar-refractivity contribution in [2.75, 3.05) is 0 Å². The van der Waals surface area contributed by atoms with Gasteiger partial charge in [0, 0.05) is 21.7 Å². The molecular weight excluding hydrogens is 336 g/mol. The minimum Gasteiger partial charge on any atom is -0.489 e. The first-order valence-corrected chi connectivity index (χ1v) is 8.34. The molecule has 0 aromatic heterocycles. The first-order chi connectivity index (χ1) is 11.8. The molecule has 2 aromatic carbocycles. The summed E-state index contributed by atoms with van der Waals surface area (Å²) in [6, 6.07) is 12.7. The Bertz CT molecular complexity index is 798. The smallest absolute Gasteiger partial charge is 0.310 e. The first-order valence-electron chi connectivity index (χ1n) is 7.96. The molecule has 0 saturated carbocycles. The fourth-order valence-corrected chi connectivity index (χ4v) is 2.43. The summed E-state index contributed by atoms with van der Waals surface area (Å²) in [6.45, 7) is 5.79. The number of terminal acetylenes is 1. The molecule has 0 bridgehead atoms. The lowest BCUT2D eigenvalue weighted by atomic mass is 10.1. The average Bonchev–Trinajstić information content (AvgIpc) is 2.53. The maximum atomic E-state index is 12.1. The minimum absolute atomic E-state index is 0.144.